The van der Waals surface area contributed by atoms with Gasteiger partial charge in [-0.05, 0) is 56.5 Å². The Morgan fingerprint density at radius 1 is 1.03 bits per heavy atom. The van der Waals surface area contributed by atoms with Crippen molar-refractivity contribution < 1.29 is 4.79 Å². The summed E-state index contributed by atoms with van der Waals surface area (Å²) >= 11 is 3.07. The molecule has 164 valence electrons. The molecule has 0 atom stereocenters. The van der Waals surface area contributed by atoms with Crippen LogP contribution in [0, 0.1) is 27.7 Å². The normalized spacial score (nSPS) is 11.0. The van der Waals surface area contributed by atoms with Crippen molar-refractivity contribution in [2.24, 2.45) is 0 Å². The lowest BCUT2D eigenvalue weighted by atomic mass is 10.1. The van der Waals surface area contributed by atoms with E-state index in [1.165, 1.54) is 16.9 Å². The van der Waals surface area contributed by atoms with Crippen molar-refractivity contribution in [3.63, 3.8) is 0 Å². The highest BCUT2D eigenvalue weighted by atomic mass is 32.2. The van der Waals surface area contributed by atoms with Crippen molar-refractivity contribution in [3.8, 4) is 5.69 Å². The van der Waals surface area contributed by atoms with Crippen LogP contribution in [0.3, 0.4) is 0 Å². The number of aryl methyl sites for hydroxylation is 3. The first-order valence-corrected chi connectivity index (χ1v) is 12.2. The van der Waals surface area contributed by atoms with Gasteiger partial charge in [0, 0.05) is 18.1 Å². The van der Waals surface area contributed by atoms with Crippen LogP contribution in [0.2, 0.25) is 0 Å². The Hall–Kier alpha value is -2.97. The van der Waals surface area contributed by atoms with Crippen LogP contribution < -0.4 is 4.90 Å². The van der Waals surface area contributed by atoms with E-state index in [2.05, 4.69) is 33.8 Å². The summed E-state index contributed by atoms with van der Waals surface area (Å²) in [6.45, 7) is 9.70. The van der Waals surface area contributed by atoms with Gasteiger partial charge in [-0.2, -0.15) is 0 Å². The summed E-state index contributed by atoms with van der Waals surface area (Å²) in [5, 5.41) is 12.2. The predicted molar refractivity (Wildman–Crippen MR) is 131 cm³/mol. The zero-order valence-corrected chi connectivity index (χ0v) is 20.4. The molecular weight excluding hydrogens is 438 g/mol. The number of nitrogens with zero attached hydrogens (tertiary/aromatic N) is 5. The lowest BCUT2D eigenvalue weighted by Gasteiger charge is -2.21. The Balaban J connectivity index is 1.58. The van der Waals surface area contributed by atoms with Crippen LogP contribution in [-0.4, -0.2) is 25.7 Å². The number of para-hydroxylation sites is 1. The van der Waals surface area contributed by atoms with E-state index in [9.17, 15) is 4.79 Å². The fraction of sp³-hybridized carbons (Fsp3) is 0.250. The Morgan fingerprint density at radius 2 is 1.78 bits per heavy atom. The molecule has 0 radical (unpaired) electrons. The lowest BCUT2D eigenvalue weighted by molar-refractivity contribution is -0.115. The molecule has 0 aliphatic heterocycles. The largest absolute Gasteiger partial charge is 0.274 e. The molecule has 0 aliphatic carbocycles. The summed E-state index contributed by atoms with van der Waals surface area (Å²) < 4.78 is 2.07. The third kappa shape index (κ3) is 4.33. The minimum absolute atomic E-state index is 0.0535. The Morgan fingerprint density at radius 3 is 2.53 bits per heavy atom. The van der Waals surface area contributed by atoms with Crippen LogP contribution >= 0.6 is 23.1 Å². The smallest absolute Gasteiger partial charge is 0.230 e. The number of benzene rings is 2. The van der Waals surface area contributed by atoms with Crippen LogP contribution in [0.15, 0.2) is 53.0 Å². The maximum atomic E-state index is 12.5. The van der Waals surface area contributed by atoms with E-state index in [4.69, 9.17) is 4.98 Å². The van der Waals surface area contributed by atoms with E-state index in [1.807, 2.05) is 56.5 Å². The summed E-state index contributed by atoms with van der Waals surface area (Å²) in [5.41, 5.74) is 6.25. The number of carbonyl (C=O) groups is 1. The van der Waals surface area contributed by atoms with Gasteiger partial charge in [0.15, 0.2) is 10.3 Å². The number of amides is 1. The average molecular weight is 464 g/mol. The highest BCUT2D eigenvalue weighted by Crippen LogP contribution is 2.34. The van der Waals surface area contributed by atoms with Gasteiger partial charge in [0.1, 0.15) is 5.82 Å². The molecule has 2 heterocycles. The number of anilines is 2. The molecule has 0 bridgehead atoms. The number of aromatic nitrogens is 4. The Bertz CT molecular complexity index is 1280. The second-order valence-corrected chi connectivity index (χ2v) is 9.41. The maximum Gasteiger partial charge on any atom is 0.230 e. The molecule has 0 spiro atoms. The van der Waals surface area contributed by atoms with Gasteiger partial charge >= 0.3 is 0 Å². The molecule has 4 aromatic rings. The van der Waals surface area contributed by atoms with Crippen LogP contribution in [0.4, 0.5) is 10.8 Å². The van der Waals surface area contributed by atoms with E-state index < -0.39 is 0 Å². The molecule has 6 nitrogen and oxygen atoms in total. The van der Waals surface area contributed by atoms with Gasteiger partial charge in [-0.15, -0.1) is 21.5 Å². The number of carbonyl (C=O) groups excluding carboxylic acids is 1. The van der Waals surface area contributed by atoms with Crippen LogP contribution in [0.5, 0.6) is 0 Å². The molecule has 2 aromatic heterocycles. The summed E-state index contributed by atoms with van der Waals surface area (Å²) in [6.07, 6.45) is 0. The van der Waals surface area contributed by atoms with Crippen LogP contribution in [0.1, 0.15) is 35.1 Å². The predicted octanol–water partition coefficient (Wildman–Crippen LogP) is 5.93. The third-order valence-electron chi connectivity index (χ3n) is 5.36. The fourth-order valence-electron chi connectivity index (χ4n) is 3.52. The number of rotatable bonds is 6. The molecule has 0 N–H and O–H groups in total. The zero-order valence-electron chi connectivity index (χ0n) is 18.8. The molecule has 32 heavy (non-hydrogen) atoms. The maximum absolute atomic E-state index is 12.5. The van der Waals surface area contributed by atoms with Gasteiger partial charge in [0.05, 0.1) is 17.1 Å². The summed E-state index contributed by atoms with van der Waals surface area (Å²) in [7, 11) is 0. The summed E-state index contributed by atoms with van der Waals surface area (Å²) in [6, 6.07) is 14.2. The molecule has 4 rings (SSSR count). The highest BCUT2D eigenvalue weighted by Gasteiger charge is 2.21. The molecule has 2 aromatic carbocycles. The second kappa shape index (κ2) is 9.26. The molecule has 8 heteroatoms. The van der Waals surface area contributed by atoms with E-state index in [-0.39, 0.29) is 5.91 Å². The van der Waals surface area contributed by atoms with Gasteiger partial charge in [-0.25, -0.2) is 4.98 Å². The number of hydrogen-bond acceptors (Lipinski definition) is 6. The van der Waals surface area contributed by atoms with Gasteiger partial charge in [0.2, 0.25) is 5.91 Å². The average Bonchev–Trinajstić information content (AvgIpc) is 3.36. The van der Waals surface area contributed by atoms with Crippen molar-refractivity contribution >= 4 is 39.8 Å². The van der Waals surface area contributed by atoms with Crippen LogP contribution in [0.25, 0.3) is 5.69 Å². The van der Waals surface area contributed by atoms with Gasteiger partial charge in [-0.1, -0.05) is 42.1 Å². The Kier molecular flexibility index (Phi) is 6.43. The van der Waals surface area contributed by atoms with E-state index in [0.717, 1.165) is 39.2 Å². The molecule has 0 saturated heterocycles. The molecular formula is C24H25N5OS2. The second-order valence-electron chi connectivity index (χ2n) is 7.64. The van der Waals surface area contributed by atoms with Crippen LogP contribution in [-0.2, 0) is 10.5 Å². The number of hydrogen-bond donors (Lipinski definition) is 0. The minimum Gasteiger partial charge on any atom is -0.274 e. The zero-order chi connectivity index (χ0) is 22.8. The number of thioether (sulfide) groups is 1. The highest BCUT2D eigenvalue weighted by molar-refractivity contribution is 7.98. The molecule has 0 saturated carbocycles. The van der Waals surface area contributed by atoms with Gasteiger partial charge in [0.25, 0.3) is 0 Å². The SMILES string of the molecule is CC(=O)N(c1nc(CSc2nnc(C)n2-c2ccccc2C)cs1)c1cccc(C)c1C. The topological polar surface area (TPSA) is 63.9 Å². The molecule has 1 amide bonds. The first kappa shape index (κ1) is 22.2. The van der Waals surface area contributed by atoms with E-state index >= 15 is 0 Å². The first-order valence-electron chi connectivity index (χ1n) is 10.3. The van der Waals surface area contributed by atoms with Crippen molar-refractivity contribution in [2.75, 3.05) is 4.90 Å². The van der Waals surface area contributed by atoms with Crippen molar-refractivity contribution in [1.29, 1.82) is 0 Å². The summed E-state index contributed by atoms with van der Waals surface area (Å²) in [4.78, 5) is 19.0. The third-order valence-corrected chi connectivity index (χ3v) is 7.20. The van der Waals surface area contributed by atoms with Crippen molar-refractivity contribution in [3.05, 3.63) is 76.1 Å². The number of thiazole rings is 1. The molecule has 0 aliphatic rings. The van der Waals surface area contributed by atoms with Crippen molar-refractivity contribution in [2.45, 2.75) is 45.5 Å². The van der Waals surface area contributed by atoms with Gasteiger partial charge in [-0.3, -0.25) is 14.3 Å². The summed E-state index contributed by atoms with van der Waals surface area (Å²) in [5.74, 6) is 1.43. The standard InChI is InChI=1S/C24H25N5OS2/c1-15-10-8-12-22(17(15)3)29(19(5)30)23-25-20(13-31-23)14-32-24-27-26-18(4)28(24)21-11-7-6-9-16(21)2/h6-13H,14H2,1-5H3. The fourth-order valence-corrected chi connectivity index (χ4v) is 5.39. The van der Waals surface area contributed by atoms with Crippen molar-refractivity contribution in [1.82, 2.24) is 19.7 Å². The molecule has 0 unspecified atom stereocenters. The Labute approximate surface area is 196 Å². The monoisotopic (exact) mass is 463 g/mol. The lowest BCUT2D eigenvalue weighted by Crippen LogP contribution is -2.23. The minimum atomic E-state index is -0.0535. The quantitative estimate of drug-likeness (QED) is 0.331. The first-order chi connectivity index (χ1) is 15.4. The van der Waals surface area contributed by atoms with E-state index in [0.29, 0.717) is 10.9 Å². The molecule has 0 fully saturated rings. The van der Waals surface area contributed by atoms with Gasteiger partial charge < -0.3 is 0 Å². The van der Waals surface area contributed by atoms with E-state index in [1.54, 1.807) is 23.6 Å².